The van der Waals surface area contributed by atoms with Crippen molar-refractivity contribution in [1.82, 2.24) is 4.98 Å². The third-order valence-corrected chi connectivity index (χ3v) is 2.25. The van der Waals surface area contributed by atoms with Gasteiger partial charge in [0.2, 0.25) is 0 Å². The molecule has 18 heavy (non-hydrogen) atoms. The highest BCUT2D eigenvalue weighted by atomic mass is 16.4. The molecule has 102 valence electrons. The summed E-state index contributed by atoms with van der Waals surface area (Å²) in [6.07, 6.45) is 3.19. The van der Waals surface area contributed by atoms with Gasteiger partial charge in [0.1, 0.15) is 6.04 Å². The number of carboxylic acid groups (broad SMARTS) is 1. The van der Waals surface area contributed by atoms with Gasteiger partial charge in [-0.15, -0.1) is 0 Å². The van der Waals surface area contributed by atoms with Crippen LogP contribution in [0.4, 0.5) is 0 Å². The van der Waals surface area contributed by atoms with Gasteiger partial charge in [0.25, 0.3) is 0 Å². The average Bonchev–Trinajstić information content (AvgIpc) is 2.84. The Labute approximate surface area is 106 Å². The number of rotatable bonds is 6. The lowest BCUT2D eigenvalue weighted by Crippen LogP contribution is -2.29. The third-order valence-electron chi connectivity index (χ3n) is 2.25. The minimum atomic E-state index is -0.900. The van der Waals surface area contributed by atoms with E-state index in [1.807, 2.05) is 6.92 Å². The lowest BCUT2D eigenvalue weighted by atomic mass is 10.1. The topological polar surface area (TPSA) is 116 Å². The van der Waals surface area contributed by atoms with E-state index >= 15 is 0 Å². The van der Waals surface area contributed by atoms with E-state index in [2.05, 4.69) is 4.98 Å². The second kappa shape index (κ2) is 9.38. The van der Waals surface area contributed by atoms with E-state index in [0.29, 0.717) is 24.1 Å². The van der Waals surface area contributed by atoms with Gasteiger partial charge >= 0.3 is 5.97 Å². The van der Waals surface area contributed by atoms with E-state index in [1.165, 1.54) is 0 Å². The molecule has 1 heterocycles. The van der Waals surface area contributed by atoms with E-state index in [1.54, 1.807) is 12.1 Å². The number of unbranched alkanes of at least 4 members (excludes halogenated alkanes) is 1. The zero-order valence-electron chi connectivity index (χ0n) is 10.4. The highest BCUT2D eigenvalue weighted by Gasteiger charge is 2.08. The van der Waals surface area contributed by atoms with Crippen LogP contribution in [0.25, 0.3) is 0 Å². The number of aliphatic hydroxyl groups excluding tert-OH is 1. The number of aliphatic carboxylic acids is 1. The second-order valence-corrected chi connectivity index (χ2v) is 3.80. The normalized spacial score (nSPS) is 11.3. The summed E-state index contributed by atoms with van der Waals surface area (Å²) in [4.78, 5) is 22.8. The molecule has 0 unspecified atom stereocenters. The molecule has 0 aromatic carbocycles. The number of aromatic amines is 1. The molecular formula is C12H20N2O4. The highest BCUT2D eigenvalue weighted by Crippen LogP contribution is 1.98. The highest BCUT2D eigenvalue weighted by molar-refractivity contribution is 5.73. The number of carboxylic acids is 1. The lowest BCUT2D eigenvalue weighted by Gasteiger charge is -2.02. The maximum absolute atomic E-state index is 10.1. The van der Waals surface area contributed by atoms with Crippen LogP contribution in [0.5, 0.6) is 0 Å². The predicted molar refractivity (Wildman–Crippen MR) is 67.2 cm³/mol. The van der Waals surface area contributed by atoms with Crippen molar-refractivity contribution in [1.29, 1.82) is 0 Å². The van der Waals surface area contributed by atoms with Gasteiger partial charge in [-0.3, -0.25) is 9.59 Å². The Morgan fingerprint density at radius 3 is 2.56 bits per heavy atom. The smallest absolute Gasteiger partial charge is 0.320 e. The van der Waals surface area contributed by atoms with Gasteiger partial charge in [0.05, 0.1) is 12.3 Å². The van der Waals surface area contributed by atoms with Crippen LogP contribution in [-0.2, 0) is 11.4 Å². The van der Waals surface area contributed by atoms with Crippen molar-refractivity contribution < 1.29 is 19.8 Å². The van der Waals surface area contributed by atoms with Crippen LogP contribution in [0, 0.1) is 0 Å². The minimum absolute atomic E-state index is 0.0478. The monoisotopic (exact) mass is 256 g/mol. The summed E-state index contributed by atoms with van der Waals surface area (Å²) in [6.45, 7) is 1.96. The average molecular weight is 256 g/mol. The number of nitrogens with two attached hydrogens (primary N) is 1. The summed E-state index contributed by atoms with van der Waals surface area (Å²) in [5.41, 5.74) is 6.37. The fraction of sp³-hybridized carbons (Fsp3) is 0.500. The van der Waals surface area contributed by atoms with Crippen molar-refractivity contribution in [2.24, 2.45) is 5.73 Å². The van der Waals surface area contributed by atoms with Crippen LogP contribution >= 0.6 is 0 Å². The van der Waals surface area contributed by atoms with Crippen molar-refractivity contribution in [2.75, 3.05) is 0 Å². The van der Waals surface area contributed by atoms with Gasteiger partial charge < -0.3 is 20.9 Å². The second-order valence-electron chi connectivity index (χ2n) is 3.80. The SMILES string of the molecule is CCCC[C@H](N)C(=O)O.O=Cc1ccc(CO)[nH]1. The lowest BCUT2D eigenvalue weighted by molar-refractivity contribution is -0.138. The van der Waals surface area contributed by atoms with Gasteiger partial charge in [0.15, 0.2) is 6.29 Å². The molecule has 1 aromatic heterocycles. The number of H-pyrrole nitrogens is 1. The number of aliphatic hydroxyl groups is 1. The maximum atomic E-state index is 10.1. The molecule has 0 saturated heterocycles. The van der Waals surface area contributed by atoms with Crippen molar-refractivity contribution >= 4 is 12.3 Å². The zero-order chi connectivity index (χ0) is 14.0. The molecule has 1 aromatic rings. The Morgan fingerprint density at radius 2 is 2.22 bits per heavy atom. The molecule has 5 N–H and O–H groups in total. The van der Waals surface area contributed by atoms with Crippen LogP contribution in [0.1, 0.15) is 42.4 Å². The number of hydrogen-bond donors (Lipinski definition) is 4. The number of hydrogen-bond acceptors (Lipinski definition) is 4. The summed E-state index contributed by atoms with van der Waals surface area (Å²) in [6, 6.07) is 2.63. The fourth-order valence-electron chi connectivity index (χ4n) is 1.17. The Kier molecular flexibility index (Phi) is 8.51. The van der Waals surface area contributed by atoms with Crippen LogP contribution in [0.3, 0.4) is 0 Å². The molecule has 1 atom stereocenters. The number of aromatic nitrogens is 1. The molecule has 1 rings (SSSR count). The summed E-state index contributed by atoms with van der Waals surface area (Å²) in [5.74, 6) is -0.900. The fourth-order valence-corrected chi connectivity index (χ4v) is 1.17. The Bertz CT molecular complexity index is 363. The van der Waals surface area contributed by atoms with E-state index in [0.717, 1.165) is 12.8 Å². The first-order chi connectivity index (χ1) is 8.54. The summed E-state index contributed by atoms with van der Waals surface area (Å²) >= 11 is 0. The van der Waals surface area contributed by atoms with Crippen molar-refractivity contribution in [3.8, 4) is 0 Å². The quantitative estimate of drug-likeness (QED) is 0.564. The Balaban J connectivity index is 0.000000321. The largest absolute Gasteiger partial charge is 0.480 e. The molecule has 0 saturated carbocycles. The summed E-state index contributed by atoms with van der Waals surface area (Å²) < 4.78 is 0. The predicted octanol–water partition coefficient (Wildman–Crippen LogP) is 0.908. The Morgan fingerprint density at radius 1 is 1.56 bits per heavy atom. The molecule has 6 nitrogen and oxygen atoms in total. The van der Waals surface area contributed by atoms with Crippen molar-refractivity contribution in [3.63, 3.8) is 0 Å². The molecular weight excluding hydrogens is 236 g/mol. The number of carbonyl (C=O) groups excluding carboxylic acids is 1. The van der Waals surface area contributed by atoms with E-state index in [9.17, 15) is 9.59 Å². The maximum Gasteiger partial charge on any atom is 0.320 e. The molecule has 0 fully saturated rings. The molecule has 0 radical (unpaired) electrons. The zero-order valence-corrected chi connectivity index (χ0v) is 10.4. The number of nitrogens with one attached hydrogen (secondary N) is 1. The number of carbonyl (C=O) groups is 2. The molecule has 0 aliphatic rings. The molecule has 0 bridgehead atoms. The van der Waals surface area contributed by atoms with Gasteiger partial charge in [0, 0.05) is 5.69 Å². The van der Waals surface area contributed by atoms with E-state index in [4.69, 9.17) is 15.9 Å². The molecule has 6 heteroatoms. The molecule has 0 aliphatic carbocycles. The van der Waals surface area contributed by atoms with E-state index in [-0.39, 0.29) is 6.61 Å². The molecule has 0 amide bonds. The minimum Gasteiger partial charge on any atom is -0.480 e. The first kappa shape index (κ1) is 16.3. The van der Waals surface area contributed by atoms with Crippen LogP contribution in [-0.4, -0.2) is 33.5 Å². The van der Waals surface area contributed by atoms with Crippen LogP contribution in [0.15, 0.2) is 12.1 Å². The third kappa shape index (κ3) is 6.82. The molecule has 0 spiro atoms. The number of aldehydes is 1. The van der Waals surface area contributed by atoms with Crippen molar-refractivity contribution in [2.45, 2.75) is 38.8 Å². The van der Waals surface area contributed by atoms with E-state index < -0.39 is 12.0 Å². The summed E-state index contributed by atoms with van der Waals surface area (Å²) in [5, 5.41) is 16.8. The van der Waals surface area contributed by atoms with Gasteiger partial charge in [-0.1, -0.05) is 19.8 Å². The van der Waals surface area contributed by atoms with Gasteiger partial charge in [-0.2, -0.15) is 0 Å². The van der Waals surface area contributed by atoms with Gasteiger partial charge in [-0.05, 0) is 18.6 Å². The molecule has 0 aliphatic heterocycles. The first-order valence-electron chi connectivity index (χ1n) is 5.77. The first-order valence-corrected chi connectivity index (χ1v) is 5.77. The summed E-state index contributed by atoms with van der Waals surface area (Å²) in [7, 11) is 0. The van der Waals surface area contributed by atoms with Crippen LogP contribution in [0.2, 0.25) is 0 Å². The van der Waals surface area contributed by atoms with Gasteiger partial charge in [-0.25, -0.2) is 0 Å². The van der Waals surface area contributed by atoms with Crippen LogP contribution < -0.4 is 5.73 Å². The standard InChI is InChI=1S/C6H7NO2.C6H13NO2/c8-3-5-1-2-6(4-9)7-5;1-2-3-4-5(7)6(8)9/h1-3,7,9H,4H2;5H,2-4,7H2,1H3,(H,8,9)/t;5-/m.0/s1. The van der Waals surface area contributed by atoms with Crippen molar-refractivity contribution in [3.05, 3.63) is 23.5 Å². The Hall–Kier alpha value is -1.66.